The minimum absolute atomic E-state index is 0.0305. The van der Waals surface area contributed by atoms with Crippen molar-refractivity contribution in [3.8, 4) is 5.75 Å². The highest BCUT2D eigenvalue weighted by Crippen LogP contribution is 2.22. The topological polar surface area (TPSA) is 58.3 Å². The van der Waals surface area contributed by atoms with E-state index in [1.807, 2.05) is 13.8 Å². The van der Waals surface area contributed by atoms with E-state index in [9.17, 15) is 5.11 Å². The molecule has 1 unspecified atom stereocenters. The number of hydrogen-bond donors (Lipinski definition) is 2. The van der Waals surface area contributed by atoms with Crippen molar-refractivity contribution in [2.45, 2.75) is 26.4 Å². The van der Waals surface area contributed by atoms with Crippen LogP contribution in [0.4, 0.5) is 0 Å². The zero-order chi connectivity index (χ0) is 13.1. The van der Waals surface area contributed by atoms with Gasteiger partial charge in [0, 0.05) is 17.1 Å². The molecule has 18 heavy (non-hydrogen) atoms. The van der Waals surface area contributed by atoms with Crippen LogP contribution in [-0.2, 0) is 6.54 Å². The Kier molecular flexibility index (Phi) is 3.89. The monoisotopic (exact) mass is 266 g/mol. The molecule has 1 aromatic heterocycles. The fraction of sp³-hybridized carbons (Fsp3) is 0.308. The van der Waals surface area contributed by atoms with Crippen molar-refractivity contribution < 1.29 is 9.52 Å². The highest BCUT2D eigenvalue weighted by atomic mass is 35.5. The summed E-state index contributed by atoms with van der Waals surface area (Å²) in [5, 5.41) is 13.5. The normalized spacial score (nSPS) is 12.6. The predicted molar refractivity (Wildman–Crippen MR) is 69.6 cm³/mol. The number of phenols is 1. The second-order valence-electron chi connectivity index (χ2n) is 4.18. The fourth-order valence-corrected chi connectivity index (χ4v) is 1.81. The maximum atomic E-state index is 9.68. The average molecular weight is 267 g/mol. The molecule has 0 radical (unpaired) electrons. The molecule has 0 aliphatic rings. The molecule has 0 bridgehead atoms. The first kappa shape index (κ1) is 12.9. The SMILES string of the molecule is Cc1cnc(C(C)NCc2cc(Cl)ccc2O)o1. The van der Waals surface area contributed by atoms with Crippen LogP contribution in [0.3, 0.4) is 0 Å². The van der Waals surface area contributed by atoms with Gasteiger partial charge >= 0.3 is 0 Å². The van der Waals surface area contributed by atoms with Crippen LogP contribution in [0, 0.1) is 6.92 Å². The van der Waals surface area contributed by atoms with Crippen molar-refractivity contribution in [1.82, 2.24) is 10.3 Å². The van der Waals surface area contributed by atoms with Crippen LogP contribution in [-0.4, -0.2) is 10.1 Å². The van der Waals surface area contributed by atoms with E-state index in [4.69, 9.17) is 16.0 Å². The number of halogens is 1. The number of aromatic nitrogens is 1. The van der Waals surface area contributed by atoms with Gasteiger partial charge in [0.05, 0.1) is 12.2 Å². The van der Waals surface area contributed by atoms with Crippen LogP contribution in [0.25, 0.3) is 0 Å². The molecule has 0 spiro atoms. The van der Waals surface area contributed by atoms with E-state index < -0.39 is 0 Å². The van der Waals surface area contributed by atoms with Crippen molar-refractivity contribution in [3.05, 3.63) is 46.6 Å². The molecule has 2 rings (SSSR count). The number of nitrogens with one attached hydrogen (secondary N) is 1. The van der Waals surface area contributed by atoms with Gasteiger partial charge in [0.2, 0.25) is 5.89 Å². The third-order valence-corrected chi connectivity index (χ3v) is 2.88. The van der Waals surface area contributed by atoms with Crippen molar-refractivity contribution in [3.63, 3.8) is 0 Å². The first-order chi connectivity index (χ1) is 8.56. The molecule has 2 aromatic rings. The zero-order valence-corrected chi connectivity index (χ0v) is 11.0. The molecular formula is C13H15ClN2O2. The van der Waals surface area contributed by atoms with E-state index in [0.717, 1.165) is 11.3 Å². The summed E-state index contributed by atoms with van der Waals surface area (Å²) in [5.74, 6) is 1.64. The second kappa shape index (κ2) is 5.42. The Balaban J connectivity index is 2.01. The Bertz CT molecular complexity index is 540. The zero-order valence-electron chi connectivity index (χ0n) is 10.3. The van der Waals surface area contributed by atoms with Gasteiger partial charge in [-0.3, -0.25) is 0 Å². The third kappa shape index (κ3) is 3.03. The molecule has 5 heteroatoms. The maximum absolute atomic E-state index is 9.68. The summed E-state index contributed by atoms with van der Waals surface area (Å²) < 4.78 is 5.43. The van der Waals surface area contributed by atoms with Gasteiger partial charge in [-0.1, -0.05) is 11.6 Å². The number of benzene rings is 1. The molecule has 0 fully saturated rings. The maximum Gasteiger partial charge on any atom is 0.211 e. The van der Waals surface area contributed by atoms with E-state index in [0.29, 0.717) is 17.5 Å². The van der Waals surface area contributed by atoms with E-state index in [1.165, 1.54) is 0 Å². The summed E-state index contributed by atoms with van der Waals surface area (Å²) in [6.07, 6.45) is 1.68. The summed E-state index contributed by atoms with van der Waals surface area (Å²) in [6.45, 7) is 4.30. The number of aryl methyl sites for hydroxylation is 1. The Morgan fingerprint density at radius 3 is 2.94 bits per heavy atom. The molecule has 1 heterocycles. The average Bonchev–Trinajstić information content (AvgIpc) is 2.77. The van der Waals surface area contributed by atoms with E-state index in [1.54, 1.807) is 24.4 Å². The Labute approximate surface area is 111 Å². The van der Waals surface area contributed by atoms with Gasteiger partial charge in [0.25, 0.3) is 0 Å². The van der Waals surface area contributed by atoms with Crippen LogP contribution in [0.1, 0.15) is 30.2 Å². The van der Waals surface area contributed by atoms with Crippen molar-refractivity contribution in [1.29, 1.82) is 0 Å². The van der Waals surface area contributed by atoms with Crippen LogP contribution in [0.15, 0.2) is 28.8 Å². The summed E-state index contributed by atoms with van der Waals surface area (Å²) in [5.41, 5.74) is 0.748. The number of nitrogens with zero attached hydrogens (tertiary/aromatic N) is 1. The van der Waals surface area contributed by atoms with Gasteiger partial charge in [-0.25, -0.2) is 4.98 Å². The minimum atomic E-state index is -0.0305. The van der Waals surface area contributed by atoms with Crippen molar-refractivity contribution >= 4 is 11.6 Å². The minimum Gasteiger partial charge on any atom is -0.508 e. The molecule has 0 saturated heterocycles. The van der Waals surface area contributed by atoms with Crippen LogP contribution in [0.2, 0.25) is 5.02 Å². The summed E-state index contributed by atoms with van der Waals surface area (Å²) in [4.78, 5) is 4.15. The molecule has 0 aliphatic carbocycles. The molecule has 0 saturated carbocycles. The van der Waals surface area contributed by atoms with Gasteiger partial charge in [0.15, 0.2) is 0 Å². The molecule has 1 aromatic carbocycles. The van der Waals surface area contributed by atoms with E-state index in [2.05, 4.69) is 10.3 Å². The molecule has 2 N–H and O–H groups in total. The first-order valence-electron chi connectivity index (χ1n) is 5.69. The molecule has 0 aliphatic heterocycles. The number of rotatable bonds is 4. The van der Waals surface area contributed by atoms with Gasteiger partial charge < -0.3 is 14.8 Å². The summed E-state index contributed by atoms with van der Waals surface area (Å²) in [6, 6.07) is 4.94. The lowest BCUT2D eigenvalue weighted by atomic mass is 10.2. The highest BCUT2D eigenvalue weighted by molar-refractivity contribution is 6.30. The molecule has 4 nitrogen and oxygen atoms in total. The lowest BCUT2D eigenvalue weighted by Gasteiger charge is -2.11. The lowest BCUT2D eigenvalue weighted by Crippen LogP contribution is -2.18. The highest BCUT2D eigenvalue weighted by Gasteiger charge is 2.11. The van der Waals surface area contributed by atoms with Gasteiger partial charge in [-0.05, 0) is 32.0 Å². The van der Waals surface area contributed by atoms with Crippen LogP contribution < -0.4 is 5.32 Å². The number of aromatic hydroxyl groups is 1. The summed E-state index contributed by atoms with van der Waals surface area (Å²) in [7, 11) is 0. The van der Waals surface area contributed by atoms with Crippen molar-refractivity contribution in [2.75, 3.05) is 0 Å². The van der Waals surface area contributed by atoms with E-state index >= 15 is 0 Å². The van der Waals surface area contributed by atoms with Crippen molar-refractivity contribution in [2.24, 2.45) is 0 Å². The number of hydrogen-bond acceptors (Lipinski definition) is 4. The molecule has 96 valence electrons. The van der Waals surface area contributed by atoms with Gasteiger partial charge in [-0.15, -0.1) is 0 Å². The second-order valence-corrected chi connectivity index (χ2v) is 4.62. The van der Waals surface area contributed by atoms with E-state index in [-0.39, 0.29) is 11.8 Å². The van der Waals surface area contributed by atoms with Crippen LogP contribution in [0.5, 0.6) is 5.75 Å². The number of oxazole rings is 1. The molecule has 1 atom stereocenters. The van der Waals surface area contributed by atoms with Gasteiger partial charge in [0.1, 0.15) is 11.5 Å². The summed E-state index contributed by atoms with van der Waals surface area (Å²) >= 11 is 5.88. The van der Waals surface area contributed by atoms with Gasteiger partial charge in [-0.2, -0.15) is 0 Å². The first-order valence-corrected chi connectivity index (χ1v) is 6.07. The smallest absolute Gasteiger partial charge is 0.211 e. The molecule has 0 amide bonds. The van der Waals surface area contributed by atoms with Crippen LogP contribution >= 0.6 is 11.6 Å². The largest absolute Gasteiger partial charge is 0.508 e. The number of phenolic OH excluding ortho intramolecular Hbond substituents is 1. The quantitative estimate of drug-likeness (QED) is 0.892. The molecular weight excluding hydrogens is 252 g/mol. The Morgan fingerprint density at radius 1 is 1.50 bits per heavy atom. The Hall–Kier alpha value is -1.52. The predicted octanol–water partition coefficient (Wildman–Crippen LogP) is 3.19. The Morgan fingerprint density at radius 2 is 2.28 bits per heavy atom. The standard InChI is InChI=1S/C13H15ClN2O2/c1-8-6-16-13(18-8)9(2)15-7-10-5-11(14)3-4-12(10)17/h3-6,9,15,17H,7H2,1-2H3. The fourth-order valence-electron chi connectivity index (χ4n) is 1.62. The lowest BCUT2D eigenvalue weighted by molar-refractivity contribution is 0.398. The third-order valence-electron chi connectivity index (χ3n) is 2.65.